The van der Waals surface area contributed by atoms with Crippen molar-refractivity contribution in [2.24, 2.45) is 11.8 Å². The van der Waals surface area contributed by atoms with Crippen LogP contribution in [0, 0.1) is 18.8 Å². The van der Waals surface area contributed by atoms with E-state index >= 15 is 0 Å². The Morgan fingerprint density at radius 2 is 1.89 bits per heavy atom. The van der Waals surface area contributed by atoms with E-state index in [1.807, 2.05) is 31.2 Å². The normalized spacial score (nSPS) is 20.5. The fraction of sp³-hybridized carbons (Fsp3) is 0.333. The minimum Gasteiger partial charge on any atom is -0.352 e. The van der Waals surface area contributed by atoms with Crippen LogP contribution in [0.25, 0.3) is 0 Å². The summed E-state index contributed by atoms with van der Waals surface area (Å²) in [4.78, 5) is 23.6. The maximum Gasteiger partial charge on any atom is 0.228 e. The van der Waals surface area contributed by atoms with Crippen LogP contribution >= 0.6 is 0 Å². The Hall–Kier alpha value is -2.10. The van der Waals surface area contributed by atoms with Gasteiger partial charge in [0, 0.05) is 12.2 Å². The highest BCUT2D eigenvalue weighted by Crippen LogP contribution is 2.39. The number of anilines is 1. The van der Waals surface area contributed by atoms with Crippen molar-refractivity contribution in [2.45, 2.75) is 13.3 Å². The van der Waals surface area contributed by atoms with Crippen LogP contribution in [-0.2, 0) is 9.59 Å². The molecule has 0 bridgehead atoms. The van der Waals surface area contributed by atoms with Crippen LogP contribution in [0.5, 0.6) is 0 Å². The van der Waals surface area contributed by atoms with Crippen LogP contribution in [0.15, 0.2) is 36.9 Å². The molecule has 0 saturated heterocycles. The lowest BCUT2D eigenvalue weighted by Gasteiger charge is -2.05. The van der Waals surface area contributed by atoms with Gasteiger partial charge in [0.05, 0.1) is 11.8 Å². The molecule has 1 aliphatic carbocycles. The third-order valence-electron chi connectivity index (χ3n) is 3.20. The molecule has 100 valence electrons. The van der Waals surface area contributed by atoms with Gasteiger partial charge in [0.2, 0.25) is 11.8 Å². The van der Waals surface area contributed by atoms with Crippen molar-refractivity contribution in [2.75, 3.05) is 11.9 Å². The maximum absolute atomic E-state index is 11.9. The number of hydrogen-bond acceptors (Lipinski definition) is 2. The predicted molar refractivity (Wildman–Crippen MR) is 74.6 cm³/mol. The molecule has 19 heavy (non-hydrogen) atoms. The molecule has 1 aliphatic rings. The Balaban J connectivity index is 1.84. The smallest absolute Gasteiger partial charge is 0.228 e. The van der Waals surface area contributed by atoms with E-state index in [2.05, 4.69) is 17.2 Å². The number of carbonyl (C=O) groups excluding carboxylic acids is 2. The first-order valence-electron chi connectivity index (χ1n) is 6.38. The molecule has 1 aromatic carbocycles. The first kappa shape index (κ1) is 13.3. The van der Waals surface area contributed by atoms with Crippen molar-refractivity contribution >= 4 is 17.5 Å². The molecule has 2 rings (SSSR count). The quantitative estimate of drug-likeness (QED) is 0.792. The fourth-order valence-corrected chi connectivity index (χ4v) is 1.95. The molecule has 2 atom stereocenters. The number of amides is 2. The largest absolute Gasteiger partial charge is 0.352 e. The van der Waals surface area contributed by atoms with E-state index in [1.54, 1.807) is 6.08 Å². The Bertz CT molecular complexity index is 493. The summed E-state index contributed by atoms with van der Waals surface area (Å²) in [5.41, 5.74) is 1.92. The number of aryl methyl sites for hydroxylation is 1. The van der Waals surface area contributed by atoms with E-state index in [4.69, 9.17) is 0 Å². The van der Waals surface area contributed by atoms with Gasteiger partial charge in [0.1, 0.15) is 0 Å². The summed E-state index contributed by atoms with van der Waals surface area (Å²) in [5, 5.41) is 5.55. The Kier molecular flexibility index (Phi) is 4.00. The molecule has 4 nitrogen and oxygen atoms in total. The van der Waals surface area contributed by atoms with Crippen molar-refractivity contribution in [1.82, 2.24) is 5.32 Å². The molecule has 2 N–H and O–H groups in total. The van der Waals surface area contributed by atoms with Crippen LogP contribution in [-0.4, -0.2) is 18.4 Å². The SMILES string of the molecule is C=CCNC(=O)C1CC1C(=O)Nc1ccc(C)cc1. The first-order chi connectivity index (χ1) is 9.11. The lowest BCUT2D eigenvalue weighted by molar-refractivity contribution is -0.125. The molecule has 1 fully saturated rings. The summed E-state index contributed by atoms with van der Waals surface area (Å²) in [6.07, 6.45) is 2.25. The molecule has 1 saturated carbocycles. The number of hydrogen-bond donors (Lipinski definition) is 2. The molecule has 2 unspecified atom stereocenters. The highest BCUT2D eigenvalue weighted by molar-refractivity contribution is 5.99. The maximum atomic E-state index is 11.9. The molecule has 4 heteroatoms. The molecular weight excluding hydrogens is 240 g/mol. The van der Waals surface area contributed by atoms with Crippen LogP contribution in [0.4, 0.5) is 5.69 Å². The first-order valence-corrected chi connectivity index (χ1v) is 6.38. The summed E-state index contributed by atoms with van der Waals surface area (Å²) < 4.78 is 0. The van der Waals surface area contributed by atoms with Gasteiger partial charge in [-0.1, -0.05) is 23.8 Å². The molecule has 1 aromatic rings. The Labute approximate surface area is 112 Å². The van der Waals surface area contributed by atoms with Gasteiger partial charge in [-0.3, -0.25) is 9.59 Å². The number of benzene rings is 1. The second kappa shape index (κ2) is 5.69. The van der Waals surface area contributed by atoms with E-state index in [1.165, 1.54) is 0 Å². The lowest BCUT2D eigenvalue weighted by Crippen LogP contribution is -2.27. The average Bonchev–Trinajstić information content (AvgIpc) is 3.19. The van der Waals surface area contributed by atoms with Crippen molar-refractivity contribution < 1.29 is 9.59 Å². The minimum absolute atomic E-state index is 0.0658. The molecular formula is C15H18N2O2. The summed E-state index contributed by atoms with van der Waals surface area (Å²) >= 11 is 0. The zero-order valence-electron chi connectivity index (χ0n) is 11.0. The number of rotatable bonds is 5. The van der Waals surface area contributed by atoms with E-state index in [-0.39, 0.29) is 23.7 Å². The van der Waals surface area contributed by atoms with Crippen molar-refractivity contribution in [3.8, 4) is 0 Å². The Morgan fingerprint density at radius 3 is 2.53 bits per heavy atom. The highest BCUT2D eigenvalue weighted by atomic mass is 16.2. The summed E-state index contributed by atoms with van der Waals surface area (Å²) in [6.45, 7) is 5.97. The van der Waals surface area contributed by atoms with E-state index in [9.17, 15) is 9.59 Å². The van der Waals surface area contributed by atoms with Crippen molar-refractivity contribution in [3.05, 3.63) is 42.5 Å². The molecule has 0 aliphatic heterocycles. The van der Waals surface area contributed by atoms with Crippen LogP contribution < -0.4 is 10.6 Å². The van der Waals surface area contributed by atoms with Crippen molar-refractivity contribution in [3.63, 3.8) is 0 Å². The van der Waals surface area contributed by atoms with Gasteiger partial charge in [0.15, 0.2) is 0 Å². The summed E-state index contributed by atoms with van der Waals surface area (Å²) in [7, 11) is 0. The van der Waals surface area contributed by atoms with Crippen molar-refractivity contribution in [1.29, 1.82) is 0 Å². The third-order valence-corrected chi connectivity index (χ3v) is 3.20. The monoisotopic (exact) mass is 258 g/mol. The van der Waals surface area contributed by atoms with Gasteiger partial charge in [-0.25, -0.2) is 0 Å². The molecule has 0 radical (unpaired) electrons. The zero-order valence-corrected chi connectivity index (χ0v) is 11.0. The molecule has 0 heterocycles. The van der Waals surface area contributed by atoms with E-state index in [0.717, 1.165) is 11.3 Å². The van der Waals surface area contributed by atoms with Crippen LogP contribution in [0.2, 0.25) is 0 Å². The summed E-state index contributed by atoms with van der Waals surface area (Å²) in [5.74, 6) is -0.539. The van der Waals surface area contributed by atoms with Gasteiger partial charge >= 0.3 is 0 Å². The van der Waals surface area contributed by atoms with Crippen LogP contribution in [0.1, 0.15) is 12.0 Å². The van der Waals surface area contributed by atoms with Gasteiger partial charge in [-0.2, -0.15) is 0 Å². The van der Waals surface area contributed by atoms with E-state index < -0.39 is 0 Å². The van der Waals surface area contributed by atoms with Gasteiger partial charge in [-0.15, -0.1) is 6.58 Å². The van der Waals surface area contributed by atoms with Gasteiger partial charge in [0.25, 0.3) is 0 Å². The predicted octanol–water partition coefficient (Wildman–Crippen LogP) is 1.87. The Morgan fingerprint density at radius 1 is 1.26 bits per heavy atom. The third kappa shape index (κ3) is 3.44. The topological polar surface area (TPSA) is 58.2 Å². The number of nitrogens with one attached hydrogen (secondary N) is 2. The highest BCUT2D eigenvalue weighted by Gasteiger charge is 2.47. The van der Waals surface area contributed by atoms with Crippen LogP contribution in [0.3, 0.4) is 0 Å². The molecule has 2 amide bonds. The van der Waals surface area contributed by atoms with Gasteiger partial charge < -0.3 is 10.6 Å². The van der Waals surface area contributed by atoms with E-state index in [0.29, 0.717) is 13.0 Å². The average molecular weight is 258 g/mol. The summed E-state index contributed by atoms with van der Waals surface area (Å²) in [6, 6.07) is 7.61. The second-order valence-corrected chi connectivity index (χ2v) is 4.84. The van der Waals surface area contributed by atoms with Gasteiger partial charge in [-0.05, 0) is 25.5 Å². The zero-order chi connectivity index (χ0) is 13.8. The molecule has 0 aromatic heterocycles. The fourth-order valence-electron chi connectivity index (χ4n) is 1.95. The minimum atomic E-state index is -0.203. The molecule has 0 spiro atoms. The second-order valence-electron chi connectivity index (χ2n) is 4.84. The number of carbonyl (C=O) groups is 2. The lowest BCUT2D eigenvalue weighted by atomic mass is 10.2. The standard InChI is InChI=1S/C15H18N2O2/c1-3-8-16-14(18)12-9-13(12)15(19)17-11-6-4-10(2)5-7-11/h3-7,12-13H,1,8-9H2,2H3,(H,16,18)(H,17,19).